The minimum Gasteiger partial charge on any atom is -0.347 e. The molecule has 0 amide bonds. The lowest BCUT2D eigenvalue weighted by molar-refractivity contribution is 0.489. The summed E-state index contributed by atoms with van der Waals surface area (Å²) < 4.78 is 24.0. The summed E-state index contributed by atoms with van der Waals surface area (Å²) >= 11 is 0. The fourth-order valence-electron chi connectivity index (χ4n) is 2.42. The lowest BCUT2D eigenvalue weighted by Crippen LogP contribution is -2.29. The zero-order valence-electron chi connectivity index (χ0n) is 10.3. The first-order valence-electron chi connectivity index (χ1n) is 6.19. The number of sulfone groups is 1. The van der Waals surface area contributed by atoms with Gasteiger partial charge in [0.15, 0.2) is 9.84 Å². The Morgan fingerprint density at radius 3 is 3.00 bits per heavy atom. The van der Waals surface area contributed by atoms with Crippen LogP contribution in [0.15, 0.2) is 41.7 Å². The van der Waals surface area contributed by atoms with E-state index in [0.717, 1.165) is 11.3 Å². The van der Waals surface area contributed by atoms with E-state index >= 15 is 0 Å². The number of aromatic nitrogens is 2. The smallest absolute Gasteiger partial charge is 0.178 e. The molecule has 19 heavy (non-hydrogen) atoms. The number of hydrogen-bond acceptors (Lipinski definition) is 4. The van der Waals surface area contributed by atoms with Crippen molar-refractivity contribution in [3.8, 4) is 0 Å². The molecule has 5 nitrogen and oxygen atoms in total. The molecule has 3 rings (SSSR count). The second kappa shape index (κ2) is 4.79. The van der Waals surface area contributed by atoms with Crippen molar-refractivity contribution in [1.29, 1.82) is 0 Å². The van der Waals surface area contributed by atoms with Gasteiger partial charge in [-0.15, -0.1) is 0 Å². The largest absolute Gasteiger partial charge is 0.347 e. The van der Waals surface area contributed by atoms with Gasteiger partial charge < -0.3 is 10.3 Å². The summed E-state index contributed by atoms with van der Waals surface area (Å²) in [6.45, 7) is 0.652. The van der Waals surface area contributed by atoms with Crippen LogP contribution < -0.4 is 5.32 Å². The molecule has 1 aromatic heterocycles. The Bertz CT molecular complexity index is 665. The van der Waals surface area contributed by atoms with Gasteiger partial charge in [-0.05, 0) is 18.1 Å². The summed E-state index contributed by atoms with van der Waals surface area (Å²) in [6.07, 6.45) is 4.00. The quantitative estimate of drug-likeness (QED) is 0.889. The van der Waals surface area contributed by atoms with Crippen LogP contribution in [0.1, 0.15) is 23.7 Å². The number of H-pyrrole nitrogens is 1. The van der Waals surface area contributed by atoms with Crippen molar-refractivity contribution < 1.29 is 8.42 Å². The molecule has 6 heteroatoms. The van der Waals surface area contributed by atoms with Gasteiger partial charge in [-0.25, -0.2) is 13.4 Å². The first-order valence-corrected chi connectivity index (χ1v) is 7.84. The first kappa shape index (κ1) is 12.4. The van der Waals surface area contributed by atoms with E-state index in [1.165, 1.54) is 0 Å². The number of aromatic amines is 1. The molecule has 0 saturated heterocycles. The minimum atomic E-state index is -3.11. The van der Waals surface area contributed by atoms with E-state index in [-0.39, 0.29) is 11.8 Å². The van der Waals surface area contributed by atoms with Crippen LogP contribution in [0.3, 0.4) is 0 Å². The van der Waals surface area contributed by atoms with Gasteiger partial charge in [-0.3, -0.25) is 0 Å². The Hall–Kier alpha value is -1.66. The second-order valence-corrected chi connectivity index (χ2v) is 6.73. The van der Waals surface area contributed by atoms with Crippen molar-refractivity contribution in [2.24, 2.45) is 0 Å². The third-order valence-corrected chi connectivity index (χ3v) is 5.21. The monoisotopic (exact) mass is 277 g/mol. The molecule has 0 fully saturated rings. The van der Waals surface area contributed by atoms with Crippen molar-refractivity contribution in [3.05, 3.63) is 48.0 Å². The average Bonchev–Trinajstić information content (AvgIpc) is 2.91. The molecular weight excluding hydrogens is 262 g/mol. The molecular formula is C13H15N3O2S. The van der Waals surface area contributed by atoms with Gasteiger partial charge in [0.25, 0.3) is 0 Å². The third-order valence-electron chi connectivity index (χ3n) is 3.40. The molecule has 1 aromatic carbocycles. The molecule has 1 atom stereocenters. The summed E-state index contributed by atoms with van der Waals surface area (Å²) in [5.74, 6) is 0.199. The maximum atomic E-state index is 12.0. The van der Waals surface area contributed by atoms with Crippen LogP contribution in [-0.4, -0.2) is 24.1 Å². The molecule has 2 N–H and O–H groups in total. The summed E-state index contributed by atoms with van der Waals surface area (Å²) in [7, 11) is -3.11. The minimum absolute atomic E-state index is 0.0722. The molecule has 2 aromatic rings. The van der Waals surface area contributed by atoms with Crippen LogP contribution in [0.4, 0.5) is 0 Å². The third kappa shape index (κ3) is 2.41. The fraction of sp³-hybridized carbons (Fsp3) is 0.308. The van der Waals surface area contributed by atoms with E-state index in [1.54, 1.807) is 24.7 Å². The van der Waals surface area contributed by atoms with E-state index in [1.807, 2.05) is 12.1 Å². The maximum Gasteiger partial charge on any atom is 0.178 e. The van der Waals surface area contributed by atoms with E-state index in [4.69, 9.17) is 0 Å². The SMILES string of the molecule is O=S1(=O)CCC(NCc2cnc[nH]2)c2ccccc21. The lowest BCUT2D eigenvalue weighted by atomic mass is 10.0. The van der Waals surface area contributed by atoms with Crippen LogP contribution in [0.2, 0.25) is 0 Å². The molecule has 1 aliphatic rings. The first-order chi connectivity index (χ1) is 9.17. The number of nitrogens with zero attached hydrogens (tertiary/aromatic N) is 1. The summed E-state index contributed by atoms with van der Waals surface area (Å²) in [5.41, 5.74) is 1.86. The van der Waals surface area contributed by atoms with Gasteiger partial charge in [0, 0.05) is 24.5 Å². The number of nitrogens with one attached hydrogen (secondary N) is 2. The normalized spacial score (nSPS) is 20.9. The molecule has 0 spiro atoms. The van der Waals surface area contributed by atoms with E-state index in [2.05, 4.69) is 15.3 Å². The Kier molecular flexibility index (Phi) is 3.12. The van der Waals surface area contributed by atoms with Crippen molar-refractivity contribution in [2.45, 2.75) is 23.9 Å². The van der Waals surface area contributed by atoms with Crippen LogP contribution in [-0.2, 0) is 16.4 Å². The molecule has 2 heterocycles. The van der Waals surface area contributed by atoms with Crippen molar-refractivity contribution in [2.75, 3.05) is 5.75 Å². The zero-order chi connectivity index (χ0) is 13.3. The van der Waals surface area contributed by atoms with E-state index in [0.29, 0.717) is 17.9 Å². The molecule has 0 radical (unpaired) electrons. The summed E-state index contributed by atoms with van der Waals surface area (Å²) in [6, 6.07) is 7.30. The van der Waals surface area contributed by atoms with Crippen molar-refractivity contribution in [1.82, 2.24) is 15.3 Å². The van der Waals surface area contributed by atoms with Gasteiger partial charge in [-0.1, -0.05) is 18.2 Å². The Labute approximate surface area is 112 Å². The van der Waals surface area contributed by atoms with Crippen LogP contribution in [0, 0.1) is 0 Å². The standard InChI is InChI=1S/C13H15N3O2S/c17-19(18)6-5-12(11-3-1-2-4-13(11)19)15-8-10-7-14-9-16-10/h1-4,7,9,12,15H,5-6,8H2,(H,14,16). The van der Waals surface area contributed by atoms with Crippen LogP contribution in [0.25, 0.3) is 0 Å². The highest BCUT2D eigenvalue weighted by molar-refractivity contribution is 7.91. The van der Waals surface area contributed by atoms with Gasteiger partial charge in [0.05, 0.1) is 17.0 Å². The molecule has 100 valence electrons. The molecule has 1 unspecified atom stereocenters. The number of hydrogen-bond donors (Lipinski definition) is 2. The van der Waals surface area contributed by atoms with Crippen LogP contribution >= 0.6 is 0 Å². The Morgan fingerprint density at radius 2 is 2.21 bits per heavy atom. The second-order valence-electron chi connectivity index (χ2n) is 4.66. The lowest BCUT2D eigenvalue weighted by Gasteiger charge is -2.26. The van der Waals surface area contributed by atoms with Crippen molar-refractivity contribution in [3.63, 3.8) is 0 Å². The fourth-order valence-corrected chi connectivity index (χ4v) is 4.04. The highest BCUT2D eigenvalue weighted by atomic mass is 32.2. The van der Waals surface area contributed by atoms with Gasteiger partial charge in [0.1, 0.15) is 0 Å². The number of fused-ring (bicyclic) bond motifs is 1. The maximum absolute atomic E-state index is 12.0. The molecule has 0 bridgehead atoms. The molecule has 0 aliphatic carbocycles. The Morgan fingerprint density at radius 1 is 1.37 bits per heavy atom. The molecule has 1 aliphatic heterocycles. The zero-order valence-corrected chi connectivity index (χ0v) is 11.2. The predicted octanol–water partition coefficient (Wildman–Crippen LogP) is 1.42. The number of imidazole rings is 1. The number of benzene rings is 1. The topological polar surface area (TPSA) is 74.8 Å². The van der Waals surface area contributed by atoms with Gasteiger partial charge in [-0.2, -0.15) is 0 Å². The van der Waals surface area contributed by atoms with E-state index < -0.39 is 9.84 Å². The van der Waals surface area contributed by atoms with Crippen LogP contribution in [0.5, 0.6) is 0 Å². The average molecular weight is 277 g/mol. The van der Waals surface area contributed by atoms with Crippen molar-refractivity contribution >= 4 is 9.84 Å². The highest BCUT2D eigenvalue weighted by Gasteiger charge is 2.29. The predicted molar refractivity (Wildman–Crippen MR) is 71.3 cm³/mol. The van der Waals surface area contributed by atoms with Gasteiger partial charge in [0.2, 0.25) is 0 Å². The Balaban J connectivity index is 1.84. The van der Waals surface area contributed by atoms with E-state index in [9.17, 15) is 8.42 Å². The number of rotatable bonds is 3. The highest BCUT2D eigenvalue weighted by Crippen LogP contribution is 2.31. The summed E-state index contributed by atoms with van der Waals surface area (Å²) in [4.78, 5) is 7.45. The molecule has 0 saturated carbocycles. The summed E-state index contributed by atoms with van der Waals surface area (Å²) in [5, 5.41) is 3.38. The van der Waals surface area contributed by atoms with Gasteiger partial charge >= 0.3 is 0 Å².